The molecule has 0 bridgehead atoms. The molecule has 0 amide bonds. The minimum absolute atomic E-state index is 0.109. The second-order valence-electron chi connectivity index (χ2n) is 3.99. The van der Waals surface area contributed by atoms with Crippen LogP contribution in [0.5, 0.6) is 0 Å². The van der Waals surface area contributed by atoms with Gasteiger partial charge in [0.2, 0.25) is 0 Å². The van der Waals surface area contributed by atoms with Crippen LogP contribution in [0.1, 0.15) is 24.8 Å². The van der Waals surface area contributed by atoms with Gasteiger partial charge >= 0.3 is 0 Å². The van der Waals surface area contributed by atoms with Crippen molar-refractivity contribution in [1.82, 2.24) is 0 Å². The average Bonchev–Trinajstić information content (AvgIpc) is 2.28. The van der Waals surface area contributed by atoms with E-state index in [1.54, 1.807) is 12.1 Å². The summed E-state index contributed by atoms with van der Waals surface area (Å²) in [5.74, 6) is 0. The third-order valence-electron chi connectivity index (χ3n) is 2.50. The number of hydrogen-bond donors (Lipinski definition) is 2. The lowest BCUT2D eigenvalue weighted by molar-refractivity contribution is -0.384. The van der Waals surface area contributed by atoms with Gasteiger partial charge in [0.15, 0.2) is 0 Å². The number of aryl methyl sites for hydroxylation is 1. The lowest BCUT2D eigenvalue weighted by atomic mass is 10.2. The van der Waals surface area contributed by atoms with Gasteiger partial charge in [0.05, 0.1) is 4.92 Å². The molecule has 5 heteroatoms. The molecule has 1 aromatic rings. The van der Waals surface area contributed by atoms with Crippen LogP contribution in [0.4, 0.5) is 11.4 Å². The van der Waals surface area contributed by atoms with Crippen LogP contribution in [0.25, 0.3) is 0 Å². The van der Waals surface area contributed by atoms with E-state index in [1.807, 2.05) is 6.92 Å². The highest BCUT2D eigenvalue weighted by atomic mass is 16.6. The molecule has 0 spiro atoms. The molecule has 0 radical (unpaired) electrons. The van der Waals surface area contributed by atoms with Crippen LogP contribution >= 0.6 is 0 Å². The number of nitrogens with zero attached hydrogens (tertiary/aromatic N) is 1. The molecular formula is C12H18N2O3. The maximum Gasteiger partial charge on any atom is 0.292 e. The van der Waals surface area contributed by atoms with E-state index in [4.69, 9.17) is 5.11 Å². The zero-order valence-electron chi connectivity index (χ0n) is 9.98. The first-order valence-corrected chi connectivity index (χ1v) is 5.75. The molecule has 0 aromatic heterocycles. The van der Waals surface area contributed by atoms with Gasteiger partial charge in [-0.3, -0.25) is 10.1 Å². The lowest BCUT2D eigenvalue weighted by Crippen LogP contribution is -2.04. The monoisotopic (exact) mass is 238 g/mol. The third kappa shape index (κ3) is 4.40. The minimum Gasteiger partial charge on any atom is -0.396 e. The Morgan fingerprint density at radius 2 is 2.12 bits per heavy atom. The van der Waals surface area contributed by atoms with Crippen molar-refractivity contribution in [2.75, 3.05) is 18.5 Å². The Morgan fingerprint density at radius 3 is 2.76 bits per heavy atom. The fraction of sp³-hybridized carbons (Fsp3) is 0.500. The van der Waals surface area contributed by atoms with Gasteiger partial charge in [-0.05, 0) is 37.8 Å². The maximum absolute atomic E-state index is 10.8. The normalized spacial score (nSPS) is 10.2. The fourth-order valence-electron chi connectivity index (χ4n) is 1.59. The number of hydrogen-bond acceptors (Lipinski definition) is 4. The Labute approximate surface area is 101 Å². The van der Waals surface area contributed by atoms with Crippen LogP contribution in [-0.2, 0) is 0 Å². The smallest absolute Gasteiger partial charge is 0.292 e. The summed E-state index contributed by atoms with van der Waals surface area (Å²) in [6.07, 6.45) is 2.59. The Kier molecular flexibility index (Phi) is 5.42. The second-order valence-corrected chi connectivity index (χ2v) is 3.99. The molecule has 1 aromatic carbocycles. The summed E-state index contributed by atoms with van der Waals surface area (Å²) in [5.41, 5.74) is 1.67. The number of nitrogens with one attached hydrogen (secondary N) is 1. The topological polar surface area (TPSA) is 75.4 Å². The number of anilines is 1. The Balaban J connectivity index is 2.56. The molecule has 0 fully saturated rings. The quantitative estimate of drug-likeness (QED) is 0.434. The van der Waals surface area contributed by atoms with Crippen LogP contribution in [0, 0.1) is 17.0 Å². The van der Waals surface area contributed by atoms with Crippen LogP contribution in [0.3, 0.4) is 0 Å². The fourth-order valence-corrected chi connectivity index (χ4v) is 1.59. The molecule has 5 nitrogen and oxygen atoms in total. The lowest BCUT2D eigenvalue weighted by Gasteiger charge is -2.07. The van der Waals surface area contributed by atoms with Gasteiger partial charge < -0.3 is 10.4 Å². The Bertz CT molecular complexity index is 380. The second kappa shape index (κ2) is 6.85. The SMILES string of the molecule is Cc1ccc([N+](=O)[O-])c(NCCCCCO)c1. The summed E-state index contributed by atoms with van der Waals surface area (Å²) in [6, 6.07) is 5.03. The van der Waals surface area contributed by atoms with Gasteiger partial charge in [0, 0.05) is 19.2 Å². The van der Waals surface area contributed by atoms with Crippen molar-refractivity contribution in [2.45, 2.75) is 26.2 Å². The molecule has 0 saturated carbocycles. The van der Waals surface area contributed by atoms with E-state index in [0.717, 1.165) is 24.8 Å². The molecule has 0 saturated heterocycles. The minimum atomic E-state index is -0.379. The molecule has 0 atom stereocenters. The summed E-state index contributed by atoms with van der Waals surface area (Å²) >= 11 is 0. The number of unbranched alkanes of at least 4 members (excludes halogenated alkanes) is 2. The van der Waals surface area contributed by atoms with Crippen molar-refractivity contribution in [1.29, 1.82) is 0 Å². The van der Waals surface area contributed by atoms with E-state index in [0.29, 0.717) is 12.2 Å². The first-order chi connectivity index (χ1) is 8.15. The summed E-state index contributed by atoms with van der Waals surface area (Å²) in [4.78, 5) is 10.4. The zero-order valence-corrected chi connectivity index (χ0v) is 9.98. The standard InChI is InChI=1S/C12H18N2O3/c1-10-5-6-12(14(16)17)11(9-10)13-7-3-2-4-8-15/h5-6,9,13,15H,2-4,7-8H2,1H3. The first kappa shape index (κ1) is 13.4. The van der Waals surface area contributed by atoms with E-state index in [9.17, 15) is 10.1 Å². The summed E-state index contributed by atoms with van der Waals surface area (Å²) in [5, 5.41) is 22.5. The zero-order chi connectivity index (χ0) is 12.7. The first-order valence-electron chi connectivity index (χ1n) is 5.75. The van der Waals surface area contributed by atoms with E-state index in [-0.39, 0.29) is 17.2 Å². The summed E-state index contributed by atoms with van der Waals surface area (Å²) < 4.78 is 0. The number of aliphatic hydroxyl groups is 1. The van der Waals surface area contributed by atoms with Gasteiger partial charge in [-0.2, -0.15) is 0 Å². The van der Waals surface area contributed by atoms with Gasteiger partial charge in [0.25, 0.3) is 5.69 Å². The van der Waals surface area contributed by atoms with Crippen LogP contribution in [0.15, 0.2) is 18.2 Å². The van der Waals surface area contributed by atoms with Gasteiger partial charge in [-0.15, -0.1) is 0 Å². The predicted octanol–water partition coefficient (Wildman–Crippen LogP) is 2.48. The maximum atomic E-state index is 10.8. The van der Waals surface area contributed by atoms with Crippen molar-refractivity contribution in [3.8, 4) is 0 Å². The van der Waals surface area contributed by atoms with Crippen LogP contribution in [-0.4, -0.2) is 23.2 Å². The number of nitro groups is 1. The summed E-state index contributed by atoms with van der Waals surface area (Å²) in [6.45, 7) is 2.79. The molecule has 0 heterocycles. The Hall–Kier alpha value is -1.62. The molecule has 0 unspecified atom stereocenters. The molecule has 0 aliphatic rings. The van der Waals surface area contributed by atoms with Gasteiger partial charge in [0.1, 0.15) is 5.69 Å². The number of rotatable bonds is 7. The van der Waals surface area contributed by atoms with E-state index in [1.165, 1.54) is 6.07 Å². The largest absolute Gasteiger partial charge is 0.396 e. The van der Waals surface area contributed by atoms with E-state index >= 15 is 0 Å². The molecular weight excluding hydrogens is 220 g/mol. The van der Waals surface area contributed by atoms with Crippen LogP contribution in [0.2, 0.25) is 0 Å². The van der Waals surface area contributed by atoms with Crippen molar-refractivity contribution in [2.24, 2.45) is 0 Å². The van der Waals surface area contributed by atoms with Crippen molar-refractivity contribution in [3.63, 3.8) is 0 Å². The van der Waals surface area contributed by atoms with E-state index in [2.05, 4.69) is 5.32 Å². The number of nitro benzene ring substituents is 1. The highest BCUT2D eigenvalue weighted by Crippen LogP contribution is 2.25. The number of benzene rings is 1. The Morgan fingerprint density at radius 1 is 1.35 bits per heavy atom. The van der Waals surface area contributed by atoms with Gasteiger partial charge in [-0.25, -0.2) is 0 Å². The predicted molar refractivity (Wildman–Crippen MR) is 67.3 cm³/mol. The summed E-state index contributed by atoms with van der Waals surface area (Å²) in [7, 11) is 0. The molecule has 0 aliphatic heterocycles. The third-order valence-corrected chi connectivity index (χ3v) is 2.50. The van der Waals surface area contributed by atoms with Gasteiger partial charge in [-0.1, -0.05) is 6.07 Å². The van der Waals surface area contributed by atoms with Crippen molar-refractivity contribution >= 4 is 11.4 Å². The van der Waals surface area contributed by atoms with Crippen molar-refractivity contribution < 1.29 is 10.0 Å². The van der Waals surface area contributed by atoms with Crippen molar-refractivity contribution in [3.05, 3.63) is 33.9 Å². The average molecular weight is 238 g/mol. The molecule has 17 heavy (non-hydrogen) atoms. The number of aliphatic hydroxyl groups excluding tert-OH is 1. The van der Waals surface area contributed by atoms with Crippen LogP contribution < -0.4 is 5.32 Å². The molecule has 94 valence electrons. The molecule has 2 N–H and O–H groups in total. The molecule has 1 rings (SSSR count). The highest BCUT2D eigenvalue weighted by molar-refractivity contribution is 5.62. The van der Waals surface area contributed by atoms with E-state index < -0.39 is 0 Å². The highest BCUT2D eigenvalue weighted by Gasteiger charge is 2.12. The molecule has 0 aliphatic carbocycles.